The molecule has 12 heavy (non-hydrogen) atoms. The highest BCUT2D eigenvalue weighted by atomic mass is 16.5. The molecule has 0 atom stereocenters. The van der Waals surface area contributed by atoms with Crippen LogP contribution >= 0.6 is 0 Å². The lowest BCUT2D eigenvalue weighted by atomic mass is 10.3. The van der Waals surface area contributed by atoms with Crippen LogP contribution in [-0.2, 0) is 4.79 Å². The first kappa shape index (κ1) is 6.84. The molecular weight excluding hydrogens is 156 g/mol. The number of nitrogens with one attached hydrogen (secondary N) is 1. The van der Waals surface area contributed by atoms with Crippen molar-refractivity contribution in [1.82, 2.24) is 9.97 Å². The molecule has 0 aromatic carbocycles. The van der Waals surface area contributed by atoms with Gasteiger partial charge in [-0.15, -0.1) is 0 Å². The zero-order chi connectivity index (χ0) is 8.39. The summed E-state index contributed by atoms with van der Waals surface area (Å²) in [6.45, 7) is 0.398. The maximum absolute atomic E-state index is 10.1. The predicted molar refractivity (Wildman–Crippen MR) is 42.8 cm³/mol. The van der Waals surface area contributed by atoms with Gasteiger partial charge in [0.1, 0.15) is 0 Å². The number of fused-ring (bicyclic) bond motifs is 1. The molecule has 0 bridgehead atoms. The number of aromatic amines is 1. The normalized spacial score (nSPS) is 10.0. The third kappa shape index (κ3) is 0.934. The minimum atomic E-state index is 0.398. The molecule has 0 fully saturated rings. The molecule has 1 N–H and O–H groups in total. The lowest BCUT2D eigenvalue weighted by molar-refractivity contribution is -0.120. The number of aromatic nitrogens is 2. The molecule has 0 amide bonds. The van der Waals surface area contributed by atoms with Crippen LogP contribution < -0.4 is 4.74 Å². The van der Waals surface area contributed by atoms with E-state index >= 15 is 0 Å². The molecule has 0 saturated heterocycles. The number of H-pyrrole nitrogens is 1. The maximum Gasteiger partial charge on any atom is 0.298 e. The minimum Gasteiger partial charge on any atom is -0.426 e. The third-order valence-electron chi connectivity index (χ3n) is 1.62. The zero-order valence-electron chi connectivity index (χ0n) is 6.15. The Balaban J connectivity index is 2.62. The van der Waals surface area contributed by atoms with Gasteiger partial charge in [0.05, 0.1) is 10.9 Å². The van der Waals surface area contributed by atoms with Crippen molar-refractivity contribution in [2.75, 3.05) is 0 Å². The summed E-state index contributed by atoms with van der Waals surface area (Å²) >= 11 is 0. The highest BCUT2D eigenvalue weighted by molar-refractivity contribution is 5.85. The van der Waals surface area contributed by atoms with Crippen LogP contribution in [0.3, 0.4) is 0 Å². The van der Waals surface area contributed by atoms with Crippen molar-refractivity contribution in [3.63, 3.8) is 0 Å². The van der Waals surface area contributed by atoms with Gasteiger partial charge in [-0.05, 0) is 6.07 Å². The second kappa shape index (κ2) is 2.65. The monoisotopic (exact) mass is 162 g/mol. The van der Waals surface area contributed by atoms with Crippen LogP contribution in [0.15, 0.2) is 24.7 Å². The van der Waals surface area contributed by atoms with Crippen molar-refractivity contribution in [3.05, 3.63) is 24.7 Å². The minimum absolute atomic E-state index is 0.398. The van der Waals surface area contributed by atoms with Gasteiger partial charge in [-0.25, -0.2) is 0 Å². The van der Waals surface area contributed by atoms with Gasteiger partial charge >= 0.3 is 0 Å². The van der Waals surface area contributed by atoms with Gasteiger partial charge in [0.15, 0.2) is 5.75 Å². The summed E-state index contributed by atoms with van der Waals surface area (Å²) in [7, 11) is 0. The Morgan fingerprint density at radius 1 is 1.58 bits per heavy atom. The van der Waals surface area contributed by atoms with Crippen LogP contribution in [0.25, 0.3) is 10.9 Å². The van der Waals surface area contributed by atoms with Gasteiger partial charge in [-0.2, -0.15) is 0 Å². The number of ether oxygens (including phenoxy) is 1. The van der Waals surface area contributed by atoms with Gasteiger partial charge in [-0.1, -0.05) is 0 Å². The van der Waals surface area contributed by atoms with Crippen LogP contribution in [0.5, 0.6) is 5.75 Å². The van der Waals surface area contributed by atoms with Gasteiger partial charge in [0.2, 0.25) is 0 Å². The van der Waals surface area contributed by atoms with Crippen molar-refractivity contribution < 1.29 is 9.53 Å². The van der Waals surface area contributed by atoms with Crippen LogP contribution in [0.4, 0.5) is 0 Å². The van der Waals surface area contributed by atoms with Crippen molar-refractivity contribution in [2.45, 2.75) is 0 Å². The third-order valence-corrected chi connectivity index (χ3v) is 1.62. The summed E-state index contributed by atoms with van der Waals surface area (Å²) in [5, 5.41) is 0.810. The number of hydrogen-bond acceptors (Lipinski definition) is 3. The summed E-state index contributed by atoms with van der Waals surface area (Å²) in [5.41, 5.74) is 0.904. The van der Waals surface area contributed by atoms with Gasteiger partial charge in [0, 0.05) is 18.6 Å². The molecule has 0 aliphatic heterocycles. The molecule has 2 aromatic rings. The van der Waals surface area contributed by atoms with Crippen molar-refractivity contribution >= 4 is 17.4 Å². The summed E-state index contributed by atoms with van der Waals surface area (Å²) in [5.74, 6) is 0.508. The Bertz CT molecular complexity index is 408. The van der Waals surface area contributed by atoms with Crippen molar-refractivity contribution in [1.29, 1.82) is 0 Å². The average molecular weight is 162 g/mol. The van der Waals surface area contributed by atoms with E-state index in [0.717, 1.165) is 10.9 Å². The van der Waals surface area contributed by atoms with E-state index in [1.165, 1.54) is 0 Å². The van der Waals surface area contributed by atoms with Crippen molar-refractivity contribution in [3.8, 4) is 5.75 Å². The second-order valence-electron chi connectivity index (χ2n) is 2.29. The molecule has 0 unspecified atom stereocenters. The molecule has 0 aliphatic carbocycles. The van der Waals surface area contributed by atoms with E-state index in [1.807, 2.05) is 6.07 Å². The Morgan fingerprint density at radius 3 is 3.33 bits per heavy atom. The first-order valence-electron chi connectivity index (χ1n) is 3.43. The number of nitrogens with zero attached hydrogens (tertiary/aromatic N) is 1. The number of carbonyl (C=O) groups is 1. The van der Waals surface area contributed by atoms with E-state index in [2.05, 4.69) is 9.97 Å². The Morgan fingerprint density at radius 2 is 2.50 bits per heavy atom. The zero-order valence-corrected chi connectivity index (χ0v) is 6.15. The largest absolute Gasteiger partial charge is 0.426 e. The van der Waals surface area contributed by atoms with Gasteiger partial charge in [-0.3, -0.25) is 9.78 Å². The molecule has 0 aliphatic rings. The van der Waals surface area contributed by atoms with E-state index in [1.54, 1.807) is 18.6 Å². The Hall–Kier alpha value is -1.84. The average Bonchev–Trinajstić information content (AvgIpc) is 2.50. The topological polar surface area (TPSA) is 55.0 Å². The smallest absolute Gasteiger partial charge is 0.298 e. The van der Waals surface area contributed by atoms with Crippen LogP contribution in [0.1, 0.15) is 0 Å². The van der Waals surface area contributed by atoms with Gasteiger partial charge in [0.25, 0.3) is 6.47 Å². The molecule has 4 nitrogen and oxygen atoms in total. The number of hydrogen-bond donors (Lipinski definition) is 1. The number of carbonyl (C=O) groups excluding carboxylic acids is 1. The fraction of sp³-hybridized carbons (Fsp3) is 0. The fourth-order valence-corrected chi connectivity index (χ4v) is 1.09. The highest BCUT2D eigenvalue weighted by Crippen LogP contribution is 2.22. The van der Waals surface area contributed by atoms with E-state index in [9.17, 15) is 4.79 Å². The number of pyridine rings is 1. The summed E-state index contributed by atoms with van der Waals surface area (Å²) < 4.78 is 4.71. The number of rotatable bonds is 2. The Kier molecular flexibility index (Phi) is 1.51. The second-order valence-corrected chi connectivity index (χ2v) is 2.29. The Labute approximate surface area is 68.2 Å². The summed E-state index contributed by atoms with van der Waals surface area (Å²) in [6.07, 6.45) is 4.94. The highest BCUT2D eigenvalue weighted by Gasteiger charge is 2.02. The standard InChI is InChI=1S/C8H6N2O2/c11-5-12-8-4-10-7-1-2-9-3-6(7)8/h1-5,10H. The van der Waals surface area contributed by atoms with E-state index < -0.39 is 0 Å². The van der Waals surface area contributed by atoms with Crippen LogP contribution in [-0.4, -0.2) is 16.4 Å². The van der Waals surface area contributed by atoms with Gasteiger partial charge < -0.3 is 9.72 Å². The first-order chi connectivity index (χ1) is 5.92. The molecule has 0 spiro atoms. The maximum atomic E-state index is 10.1. The molecule has 4 heteroatoms. The quantitative estimate of drug-likeness (QED) is 0.672. The van der Waals surface area contributed by atoms with Crippen LogP contribution in [0.2, 0.25) is 0 Å². The molecular formula is C8H6N2O2. The molecule has 0 saturated carbocycles. The van der Waals surface area contributed by atoms with Crippen LogP contribution in [0, 0.1) is 0 Å². The van der Waals surface area contributed by atoms with E-state index in [0.29, 0.717) is 12.2 Å². The predicted octanol–water partition coefficient (Wildman–Crippen LogP) is 1.10. The molecule has 2 rings (SSSR count). The fourth-order valence-electron chi connectivity index (χ4n) is 1.09. The lowest BCUT2D eigenvalue weighted by Gasteiger charge is -1.91. The first-order valence-corrected chi connectivity index (χ1v) is 3.43. The molecule has 60 valence electrons. The SMILES string of the molecule is O=COc1c[nH]c2ccncc12. The molecule has 2 aromatic heterocycles. The van der Waals surface area contributed by atoms with E-state index in [-0.39, 0.29) is 0 Å². The summed E-state index contributed by atoms with van der Waals surface area (Å²) in [4.78, 5) is 16.9. The lowest BCUT2D eigenvalue weighted by Crippen LogP contribution is -1.85. The molecule has 2 heterocycles. The molecule has 0 radical (unpaired) electrons. The summed E-state index contributed by atoms with van der Waals surface area (Å²) in [6, 6.07) is 1.81. The van der Waals surface area contributed by atoms with Crippen molar-refractivity contribution in [2.24, 2.45) is 0 Å². The van der Waals surface area contributed by atoms with E-state index in [4.69, 9.17) is 4.74 Å².